The molecule has 0 atom stereocenters. The van der Waals surface area contributed by atoms with E-state index in [1.807, 2.05) is 50.2 Å². The largest absolute Gasteiger partial charge is 0.325 e. The van der Waals surface area contributed by atoms with Crippen molar-refractivity contribution < 1.29 is 4.79 Å². The minimum absolute atomic E-state index is 0.121. The maximum Gasteiger partial charge on any atom is 0.280 e. The van der Waals surface area contributed by atoms with Crippen molar-refractivity contribution in [1.82, 2.24) is 19.3 Å². The number of fused-ring (bicyclic) bond motifs is 1. The molecule has 0 spiro atoms. The van der Waals surface area contributed by atoms with Gasteiger partial charge in [-0.1, -0.05) is 54.6 Å². The lowest BCUT2D eigenvalue weighted by atomic mass is 10.1. The number of thioether (sulfide) groups is 1. The van der Waals surface area contributed by atoms with Crippen LogP contribution >= 0.6 is 23.4 Å². The van der Waals surface area contributed by atoms with E-state index in [1.165, 1.54) is 11.8 Å². The SMILES string of the molecule is CCc1cccc(NC(=O)CSc2nc3c(C)nn(CC)c3c(=O)n2Cc2ccc(Cl)cc2)c1. The number of hydrogen-bond acceptors (Lipinski definition) is 5. The lowest BCUT2D eigenvalue weighted by molar-refractivity contribution is -0.113. The van der Waals surface area contributed by atoms with Gasteiger partial charge in [0.2, 0.25) is 5.91 Å². The van der Waals surface area contributed by atoms with Gasteiger partial charge in [-0.05, 0) is 55.7 Å². The summed E-state index contributed by atoms with van der Waals surface area (Å²) in [5.41, 5.74) is 4.37. The summed E-state index contributed by atoms with van der Waals surface area (Å²) in [4.78, 5) is 31.0. The summed E-state index contributed by atoms with van der Waals surface area (Å²) >= 11 is 7.26. The molecular weight excluding hydrogens is 470 g/mol. The number of amides is 1. The van der Waals surface area contributed by atoms with Gasteiger partial charge in [0, 0.05) is 17.3 Å². The molecule has 4 aromatic rings. The van der Waals surface area contributed by atoms with E-state index in [9.17, 15) is 9.59 Å². The van der Waals surface area contributed by atoms with Crippen molar-refractivity contribution in [3.8, 4) is 0 Å². The van der Waals surface area contributed by atoms with Crippen molar-refractivity contribution in [2.24, 2.45) is 0 Å². The van der Waals surface area contributed by atoms with Gasteiger partial charge < -0.3 is 5.32 Å². The first-order chi connectivity index (χ1) is 16.4. The monoisotopic (exact) mass is 495 g/mol. The predicted molar refractivity (Wildman–Crippen MR) is 138 cm³/mol. The zero-order chi connectivity index (χ0) is 24.2. The molecule has 0 radical (unpaired) electrons. The smallest absolute Gasteiger partial charge is 0.280 e. The van der Waals surface area contributed by atoms with E-state index in [0.717, 1.165) is 23.2 Å². The normalized spacial score (nSPS) is 11.2. The second-order valence-electron chi connectivity index (χ2n) is 7.90. The van der Waals surface area contributed by atoms with E-state index in [0.29, 0.717) is 40.0 Å². The van der Waals surface area contributed by atoms with Crippen molar-refractivity contribution in [2.75, 3.05) is 11.1 Å². The minimum Gasteiger partial charge on any atom is -0.325 e. The van der Waals surface area contributed by atoms with Crippen LogP contribution in [0.3, 0.4) is 0 Å². The fourth-order valence-electron chi connectivity index (χ4n) is 3.74. The Hall–Kier alpha value is -3.10. The van der Waals surface area contributed by atoms with Gasteiger partial charge in [0.25, 0.3) is 5.56 Å². The summed E-state index contributed by atoms with van der Waals surface area (Å²) in [5, 5.41) is 8.51. The Morgan fingerprint density at radius 1 is 1.12 bits per heavy atom. The molecule has 0 aliphatic heterocycles. The zero-order valence-corrected chi connectivity index (χ0v) is 20.9. The number of nitrogens with one attached hydrogen (secondary N) is 1. The van der Waals surface area contributed by atoms with Crippen LogP contribution in [0, 0.1) is 6.92 Å². The number of halogens is 1. The van der Waals surface area contributed by atoms with Crippen LogP contribution < -0.4 is 10.9 Å². The molecule has 0 aliphatic rings. The summed E-state index contributed by atoms with van der Waals surface area (Å²) in [5.74, 6) is -0.0396. The Labute approximate surface area is 207 Å². The van der Waals surface area contributed by atoms with Crippen molar-refractivity contribution in [2.45, 2.75) is 45.4 Å². The van der Waals surface area contributed by atoms with Crippen molar-refractivity contribution in [1.29, 1.82) is 0 Å². The Morgan fingerprint density at radius 3 is 2.59 bits per heavy atom. The molecule has 34 heavy (non-hydrogen) atoms. The molecule has 7 nitrogen and oxygen atoms in total. The van der Waals surface area contributed by atoms with E-state index in [2.05, 4.69) is 17.3 Å². The molecule has 0 aliphatic carbocycles. The van der Waals surface area contributed by atoms with Gasteiger partial charge in [-0.15, -0.1) is 0 Å². The van der Waals surface area contributed by atoms with Crippen LogP contribution in [-0.2, 0) is 24.3 Å². The first kappa shape index (κ1) is 24.0. The Kier molecular flexibility index (Phi) is 7.38. The molecule has 1 N–H and O–H groups in total. The lowest BCUT2D eigenvalue weighted by Gasteiger charge is -2.13. The Bertz CT molecular complexity index is 1400. The average Bonchev–Trinajstić information content (AvgIpc) is 3.16. The van der Waals surface area contributed by atoms with Gasteiger partial charge in [-0.2, -0.15) is 5.10 Å². The molecule has 2 aromatic heterocycles. The van der Waals surface area contributed by atoms with Crippen LogP contribution in [-0.4, -0.2) is 31.0 Å². The number of anilines is 1. The molecule has 0 unspecified atom stereocenters. The number of nitrogens with zero attached hydrogens (tertiary/aromatic N) is 4. The third kappa shape index (κ3) is 5.18. The average molecular weight is 496 g/mol. The molecular formula is C25H26ClN5O2S. The highest BCUT2D eigenvalue weighted by Gasteiger charge is 2.19. The molecule has 176 valence electrons. The van der Waals surface area contributed by atoms with Crippen LogP contribution in [0.2, 0.25) is 5.02 Å². The molecule has 0 fully saturated rings. The second-order valence-corrected chi connectivity index (χ2v) is 9.28. The van der Waals surface area contributed by atoms with Gasteiger partial charge in [-0.25, -0.2) is 4.98 Å². The quantitative estimate of drug-likeness (QED) is 0.277. The second kappa shape index (κ2) is 10.4. The first-order valence-corrected chi connectivity index (χ1v) is 12.5. The van der Waals surface area contributed by atoms with Crippen LogP contribution in [0.5, 0.6) is 0 Å². The summed E-state index contributed by atoms with van der Waals surface area (Å²) < 4.78 is 3.29. The first-order valence-electron chi connectivity index (χ1n) is 11.1. The highest BCUT2D eigenvalue weighted by Crippen LogP contribution is 2.22. The molecule has 4 rings (SSSR count). The van der Waals surface area contributed by atoms with Crippen molar-refractivity contribution in [3.63, 3.8) is 0 Å². The van der Waals surface area contributed by atoms with Crippen LogP contribution in [0.25, 0.3) is 11.0 Å². The van der Waals surface area contributed by atoms with E-state index in [4.69, 9.17) is 16.6 Å². The highest BCUT2D eigenvalue weighted by molar-refractivity contribution is 7.99. The number of benzene rings is 2. The summed E-state index contributed by atoms with van der Waals surface area (Å²) in [7, 11) is 0. The fourth-order valence-corrected chi connectivity index (χ4v) is 4.65. The molecule has 2 aromatic carbocycles. The van der Waals surface area contributed by atoms with Crippen LogP contribution in [0.1, 0.15) is 30.7 Å². The molecule has 0 saturated heterocycles. The zero-order valence-electron chi connectivity index (χ0n) is 19.3. The molecule has 2 heterocycles. The van der Waals surface area contributed by atoms with E-state index >= 15 is 0 Å². The number of carbonyl (C=O) groups excluding carboxylic acids is 1. The Morgan fingerprint density at radius 2 is 1.88 bits per heavy atom. The van der Waals surface area contributed by atoms with Gasteiger partial charge in [0.15, 0.2) is 10.7 Å². The van der Waals surface area contributed by atoms with E-state index < -0.39 is 0 Å². The van der Waals surface area contributed by atoms with E-state index in [1.54, 1.807) is 21.4 Å². The number of rotatable bonds is 8. The lowest BCUT2D eigenvalue weighted by Crippen LogP contribution is -2.26. The summed E-state index contributed by atoms with van der Waals surface area (Å²) in [6.45, 7) is 6.73. The topological polar surface area (TPSA) is 81.8 Å². The number of hydrogen-bond donors (Lipinski definition) is 1. The van der Waals surface area contributed by atoms with Gasteiger partial charge in [-0.3, -0.25) is 18.8 Å². The maximum atomic E-state index is 13.5. The standard InChI is InChI=1S/C25H26ClN5O2S/c1-4-17-7-6-8-20(13-17)27-21(32)15-34-25-28-22-16(3)29-31(5-2)23(22)24(33)30(25)14-18-9-11-19(26)12-10-18/h6-13H,4-5,14-15H2,1-3H3,(H,27,32). The van der Waals surface area contributed by atoms with E-state index in [-0.39, 0.29) is 17.2 Å². The molecule has 9 heteroatoms. The summed E-state index contributed by atoms with van der Waals surface area (Å²) in [6, 6.07) is 15.1. The number of aromatic nitrogens is 4. The van der Waals surface area contributed by atoms with Gasteiger partial charge in [0.05, 0.1) is 18.0 Å². The third-order valence-electron chi connectivity index (χ3n) is 5.49. The maximum absolute atomic E-state index is 13.5. The fraction of sp³-hybridized carbons (Fsp3) is 0.280. The molecule has 0 saturated carbocycles. The van der Waals surface area contributed by atoms with Gasteiger partial charge in [0.1, 0.15) is 5.52 Å². The van der Waals surface area contributed by atoms with Crippen LogP contribution in [0.15, 0.2) is 58.5 Å². The highest BCUT2D eigenvalue weighted by atomic mass is 35.5. The van der Waals surface area contributed by atoms with Crippen molar-refractivity contribution in [3.05, 3.63) is 80.7 Å². The van der Waals surface area contributed by atoms with Gasteiger partial charge >= 0.3 is 0 Å². The van der Waals surface area contributed by atoms with Crippen molar-refractivity contribution >= 4 is 46.0 Å². The number of carbonyl (C=O) groups is 1. The van der Waals surface area contributed by atoms with Crippen LogP contribution in [0.4, 0.5) is 5.69 Å². The predicted octanol–water partition coefficient (Wildman–Crippen LogP) is 4.92. The third-order valence-corrected chi connectivity index (χ3v) is 6.72. The molecule has 0 bridgehead atoms. The summed E-state index contributed by atoms with van der Waals surface area (Å²) in [6.07, 6.45) is 0.893. The Balaban J connectivity index is 1.65. The number of aryl methyl sites for hydroxylation is 3. The molecule has 1 amide bonds. The minimum atomic E-state index is -0.180.